The highest BCUT2D eigenvalue weighted by Gasteiger charge is 1.97. The van der Waals surface area contributed by atoms with Crippen molar-refractivity contribution in [3.63, 3.8) is 0 Å². The van der Waals surface area contributed by atoms with Gasteiger partial charge in [0, 0.05) is 26.2 Å². The van der Waals surface area contributed by atoms with Gasteiger partial charge in [-0.2, -0.15) is 0 Å². The van der Waals surface area contributed by atoms with Gasteiger partial charge in [0.05, 0.1) is 39.6 Å². The topological polar surface area (TPSA) is 69.0 Å². The molecule has 18 heavy (non-hydrogen) atoms. The first-order chi connectivity index (χ1) is 8.81. The van der Waals surface area contributed by atoms with Crippen LogP contribution in [0.2, 0.25) is 0 Å². The van der Waals surface area contributed by atoms with E-state index in [4.69, 9.17) is 19.9 Å². The molecule has 0 aromatic carbocycles. The maximum Gasteiger partial charge on any atom is 0.0701 e. The first kappa shape index (κ1) is 17.8. The normalized spacial score (nSPS) is 11.3. The minimum Gasteiger partial charge on any atom is -0.378 e. The molecule has 110 valence electrons. The molecular weight excluding hydrogens is 234 g/mol. The third-order valence-electron chi connectivity index (χ3n) is 2.37. The van der Waals surface area contributed by atoms with Gasteiger partial charge >= 0.3 is 0 Å². The van der Waals surface area contributed by atoms with Gasteiger partial charge in [-0.3, -0.25) is 0 Å². The second-order valence-corrected chi connectivity index (χ2v) is 4.03. The van der Waals surface area contributed by atoms with Crippen molar-refractivity contribution < 1.29 is 14.2 Å². The van der Waals surface area contributed by atoms with Crippen molar-refractivity contribution >= 4 is 0 Å². The molecule has 0 unspecified atom stereocenters. The Balaban J connectivity index is 3.02. The third kappa shape index (κ3) is 13.8. The van der Waals surface area contributed by atoms with E-state index in [9.17, 15) is 0 Å². The summed E-state index contributed by atoms with van der Waals surface area (Å²) >= 11 is 0. The molecule has 0 radical (unpaired) electrons. The molecule has 0 bridgehead atoms. The van der Waals surface area contributed by atoms with Crippen LogP contribution in [0.3, 0.4) is 0 Å². The molecule has 0 fully saturated rings. The summed E-state index contributed by atoms with van der Waals surface area (Å²) in [6.45, 7) is 7.34. The maximum absolute atomic E-state index is 5.46. The maximum atomic E-state index is 5.46. The predicted octanol–water partition coefficient (Wildman–Crippen LogP) is -0.854. The van der Waals surface area contributed by atoms with Crippen molar-refractivity contribution in [3.05, 3.63) is 0 Å². The summed E-state index contributed by atoms with van der Waals surface area (Å²) in [5.41, 5.74) is 5.29. The second-order valence-electron chi connectivity index (χ2n) is 4.03. The van der Waals surface area contributed by atoms with Gasteiger partial charge in [0.25, 0.3) is 0 Å². The van der Waals surface area contributed by atoms with Gasteiger partial charge in [-0.15, -0.1) is 0 Å². The number of hydrogen-bond acceptors (Lipinski definition) is 6. The Hall–Kier alpha value is -0.240. The van der Waals surface area contributed by atoms with Crippen LogP contribution in [0.1, 0.15) is 0 Å². The number of rotatable bonds is 14. The van der Waals surface area contributed by atoms with Gasteiger partial charge in [0.2, 0.25) is 0 Å². The number of hydrogen-bond donors (Lipinski definition) is 2. The van der Waals surface area contributed by atoms with Crippen LogP contribution in [-0.4, -0.2) is 84.8 Å². The quantitative estimate of drug-likeness (QED) is 0.398. The molecule has 0 aromatic heterocycles. The number of nitrogens with one attached hydrogen (secondary N) is 1. The average molecular weight is 263 g/mol. The molecule has 0 saturated heterocycles. The van der Waals surface area contributed by atoms with Crippen molar-refractivity contribution in [2.75, 3.05) is 79.9 Å². The fourth-order valence-corrected chi connectivity index (χ4v) is 1.26. The summed E-state index contributed by atoms with van der Waals surface area (Å²) < 4.78 is 16.0. The molecule has 0 aliphatic heterocycles. The number of nitrogens with two attached hydrogens (primary N) is 1. The van der Waals surface area contributed by atoms with Crippen LogP contribution in [0.4, 0.5) is 0 Å². The second kappa shape index (κ2) is 14.8. The molecule has 0 aromatic rings. The van der Waals surface area contributed by atoms with Gasteiger partial charge < -0.3 is 30.2 Å². The Kier molecular flexibility index (Phi) is 14.6. The molecule has 0 aliphatic rings. The minimum atomic E-state index is 0.560. The monoisotopic (exact) mass is 263 g/mol. The van der Waals surface area contributed by atoms with E-state index in [1.54, 1.807) is 0 Å². The highest BCUT2D eigenvalue weighted by molar-refractivity contribution is 4.51. The van der Waals surface area contributed by atoms with E-state index in [1.807, 2.05) is 7.05 Å². The largest absolute Gasteiger partial charge is 0.378 e. The Morgan fingerprint density at radius 1 is 0.889 bits per heavy atom. The van der Waals surface area contributed by atoms with E-state index in [0.29, 0.717) is 39.6 Å². The van der Waals surface area contributed by atoms with Crippen LogP contribution in [0, 0.1) is 0 Å². The number of likely N-dealkylation sites (N-methyl/N-ethyl adjacent to an activating group) is 2. The summed E-state index contributed by atoms with van der Waals surface area (Å²) in [6, 6.07) is 0. The van der Waals surface area contributed by atoms with Crippen molar-refractivity contribution in [3.8, 4) is 0 Å². The SMILES string of the molecule is CNCCN(C)CCOCCOCCOCCN. The fraction of sp³-hybridized carbons (Fsp3) is 1.00. The summed E-state index contributed by atoms with van der Waals surface area (Å²) in [5, 5.41) is 3.12. The van der Waals surface area contributed by atoms with E-state index >= 15 is 0 Å². The zero-order chi connectivity index (χ0) is 13.5. The standard InChI is InChI=1S/C12H29N3O3/c1-14-4-5-15(2)6-8-17-10-12-18-11-9-16-7-3-13/h14H,3-13H2,1-2H3. The lowest BCUT2D eigenvalue weighted by Gasteiger charge is -2.16. The van der Waals surface area contributed by atoms with Gasteiger partial charge in [0.1, 0.15) is 0 Å². The Labute approximate surface area is 111 Å². The van der Waals surface area contributed by atoms with Crippen LogP contribution >= 0.6 is 0 Å². The molecule has 0 saturated carbocycles. The summed E-state index contributed by atoms with van der Waals surface area (Å²) in [6.07, 6.45) is 0. The smallest absolute Gasteiger partial charge is 0.0701 e. The van der Waals surface area contributed by atoms with Crippen LogP contribution in [0.5, 0.6) is 0 Å². The summed E-state index contributed by atoms with van der Waals surface area (Å²) in [7, 11) is 4.05. The van der Waals surface area contributed by atoms with Gasteiger partial charge in [-0.25, -0.2) is 0 Å². The molecule has 6 heteroatoms. The van der Waals surface area contributed by atoms with Crippen molar-refractivity contribution in [1.82, 2.24) is 10.2 Å². The van der Waals surface area contributed by atoms with E-state index in [1.165, 1.54) is 0 Å². The van der Waals surface area contributed by atoms with Crippen LogP contribution < -0.4 is 11.1 Å². The van der Waals surface area contributed by atoms with E-state index in [0.717, 1.165) is 26.2 Å². The Morgan fingerprint density at radius 2 is 1.44 bits per heavy atom. The molecule has 0 heterocycles. The first-order valence-corrected chi connectivity index (χ1v) is 6.57. The first-order valence-electron chi connectivity index (χ1n) is 6.57. The molecule has 0 amide bonds. The molecule has 3 N–H and O–H groups in total. The highest BCUT2D eigenvalue weighted by atomic mass is 16.5. The van der Waals surface area contributed by atoms with E-state index in [2.05, 4.69) is 17.3 Å². The summed E-state index contributed by atoms with van der Waals surface area (Å²) in [4.78, 5) is 2.23. The lowest BCUT2D eigenvalue weighted by atomic mass is 10.5. The lowest BCUT2D eigenvalue weighted by Crippen LogP contribution is -2.30. The molecule has 0 atom stereocenters. The van der Waals surface area contributed by atoms with Gasteiger partial charge in [-0.1, -0.05) is 0 Å². The highest BCUT2D eigenvalue weighted by Crippen LogP contribution is 1.84. The van der Waals surface area contributed by atoms with Crippen LogP contribution in [0.25, 0.3) is 0 Å². The van der Waals surface area contributed by atoms with Crippen molar-refractivity contribution in [2.24, 2.45) is 5.73 Å². The van der Waals surface area contributed by atoms with Crippen LogP contribution in [0.15, 0.2) is 0 Å². The molecule has 0 aliphatic carbocycles. The number of nitrogens with zero attached hydrogens (tertiary/aromatic N) is 1. The molecule has 0 rings (SSSR count). The molecule has 6 nitrogen and oxygen atoms in total. The van der Waals surface area contributed by atoms with Gasteiger partial charge in [-0.05, 0) is 14.1 Å². The average Bonchev–Trinajstić information content (AvgIpc) is 2.38. The van der Waals surface area contributed by atoms with Crippen LogP contribution in [-0.2, 0) is 14.2 Å². The van der Waals surface area contributed by atoms with Crippen molar-refractivity contribution in [2.45, 2.75) is 0 Å². The van der Waals surface area contributed by atoms with Gasteiger partial charge in [0.15, 0.2) is 0 Å². The predicted molar refractivity (Wildman–Crippen MR) is 72.9 cm³/mol. The molecular formula is C12H29N3O3. The van der Waals surface area contributed by atoms with E-state index in [-0.39, 0.29) is 0 Å². The Morgan fingerprint density at radius 3 is 2.00 bits per heavy atom. The minimum absolute atomic E-state index is 0.560. The molecule has 0 spiro atoms. The third-order valence-corrected chi connectivity index (χ3v) is 2.37. The zero-order valence-electron chi connectivity index (χ0n) is 11.8. The fourth-order valence-electron chi connectivity index (χ4n) is 1.26. The Bertz CT molecular complexity index is 162. The summed E-state index contributed by atoms with van der Waals surface area (Å²) in [5.74, 6) is 0. The lowest BCUT2D eigenvalue weighted by molar-refractivity contribution is 0.0129. The van der Waals surface area contributed by atoms with E-state index < -0.39 is 0 Å². The number of ether oxygens (including phenoxy) is 3. The zero-order valence-corrected chi connectivity index (χ0v) is 11.8. The van der Waals surface area contributed by atoms with Crippen molar-refractivity contribution in [1.29, 1.82) is 0 Å².